The molecule has 110 valence electrons. The summed E-state index contributed by atoms with van der Waals surface area (Å²) in [6.45, 7) is 6.60. The summed E-state index contributed by atoms with van der Waals surface area (Å²) >= 11 is 0. The number of nitrogens with one attached hydrogen (secondary N) is 1. The van der Waals surface area contributed by atoms with Gasteiger partial charge in [0.25, 0.3) is 0 Å². The highest BCUT2D eigenvalue weighted by molar-refractivity contribution is 5.93. The highest BCUT2D eigenvalue weighted by atomic mass is 16.3. The maximum absolute atomic E-state index is 12.6. The zero-order chi connectivity index (χ0) is 14.8. The predicted octanol–water partition coefficient (Wildman–Crippen LogP) is 3.58. The molecule has 0 aliphatic heterocycles. The second kappa shape index (κ2) is 5.96. The van der Waals surface area contributed by atoms with Crippen molar-refractivity contribution in [3.63, 3.8) is 0 Å². The van der Waals surface area contributed by atoms with Crippen molar-refractivity contribution in [1.29, 1.82) is 0 Å². The number of hydrogen-bond donors (Lipinski definition) is 2. The number of benzene rings is 1. The van der Waals surface area contributed by atoms with Gasteiger partial charge in [-0.25, -0.2) is 0 Å². The quantitative estimate of drug-likeness (QED) is 0.885. The van der Waals surface area contributed by atoms with Gasteiger partial charge < -0.3 is 10.4 Å². The van der Waals surface area contributed by atoms with E-state index >= 15 is 0 Å². The van der Waals surface area contributed by atoms with Crippen molar-refractivity contribution in [2.75, 3.05) is 5.32 Å². The van der Waals surface area contributed by atoms with Gasteiger partial charge in [0, 0.05) is 11.6 Å². The molecule has 1 aliphatic rings. The van der Waals surface area contributed by atoms with Crippen LogP contribution in [0.15, 0.2) is 24.3 Å². The number of amides is 1. The van der Waals surface area contributed by atoms with Crippen LogP contribution in [0.25, 0.3) is 0 Å². The van der Waals surface area contributed by atoms with Gasteiger partial charge in [0.05, 0.1) is 6.61 Å². The number of carbonyl (C=O) groups is 1. The van der Waals surface area contributed by atoms with Crippen LogP contribution in [-0.2, 0) is 11.4 Å². The highest BCUT2D eigenvalue weighted by Crippen LogP contribution is 2.44. The summed E-state index contributed by atoms with van der Waals surface area (Å²) in [6, 6.07) is 7.38. The lowest BCUT2D eigenvalue weighted by atomic mass is 9.64. The Morgan fingerprint density at radius 2 is 2.00 bits per heavy atom. The summed E-state index contributed by atoms with van der Waals surface area (Å²) in [4.78, 5) is 12.6. The van der Waals surface area contributed by atoms with Gasteiger partial charge in [-0.2, -0.15) is 0 Å². The Labute approximate surface area is 121 Å². The van der Waals surface area contributed by atoms with E-state index in [9.17, 15) is 4.79 Å². The lowest BCUT2D eigenvalue weighted by Crippen LogP contribution is -2.42. The molecule has 2 unspecified atom stereocenters. The Bertz CT molecular complexity index is 464. The summed E-state index contributed by atoms with van der Waals surface area (Å²) in [6.07, 6.45) is 3.45. The molecule has 2 atom stereocenters. The van der Waals surface area contributed by atoms with E-state index in [0.717, 1.165) is 24.1 Å². The smallest absolute Gasteiger partial charge is 0.228 e. The van der Waals surface area contributed by atoms with Gasteiger partial charge in [-0.15, -0.1) is 0 Å². The largest absolute Gasteiger partial charge is 0.392 e. The Morgan fingerprint density at radius 3 is 2.55 bits per heavy atom. The number of aliphatic hydroxyl groups is 1. The maximum Gasteiger partial charge on any atom is 0.228 e. The number of hydrogen-bond acceptors (Lipinski definition) is 2. The molecule has 0 radical (unpaired) electrons. The van der Waals surface area contributed by atoms with Crippen molar-refractivity contribution < 1.29 is 9.90 Å². The van der Waals surface area contributed by atoms with Crippen LogP contribution in [0.1, 0.15) is 45.6 Å². The van der Waals surface area contributed by atoms with Crippen molar-refractivity contribution in [1.82, 2.24) is 0 Å². The third-order valence-corrected chi connectivity index (χ3v) is 4.58. The predicted molar refractivity (Wildman–Crippen MR) is 81.3 cm³/mol. The van der Waals surface area contributed by atoms with Crippen LogP contribution >= 0.6 is 0 Å². The van der Waals surface area contributed by atoms with Crippen LogP contribution in [0.3, 0.4) is 0 Å². The van der Waals surface area contributed by atoms with Crippen molar-refractivity contribution in [2.24, 2.45) is 17.3 Å². The van der Waals surface area contributed by atoms with Gasteiger partial charge in [-0.05, 0) is 41.9 Å². The Hall–Kier alpha value is -1.35. The molecular weight excluding hydrogens is 250 g/mol. The molecule has 0 aromatic heterocycles. The topological polar surface area (TPSA) is 49.3 Å². The Kier molecular flexibility index (Phi) is 4.48. The summed E-state index contributed by atoms with van der Waals surface area (Å²) in [5.41, 5.74) is 1.72. The monoisotopic (exact) mass is 275 g/mol. The molecule has 1 aromatic rings. The van der Waals surface area contributed by atoms with E-state index in [-0.39, 0.29) is 23.8 Å². The molecule has 1 amide bonds. The molecule has 1 aliphatic carbocycles. The first-order valence-electron chi connectivity index (χ1n) is 7.45. The van der Waals surface area contributed by atoms with Crippen LogP contribution in [0, 0.1) is 17.3 Å². The second-order valence-electron chi connectivity index (χ2n) is 6.68. The van der Waals surface area contributed by atoms with Gasteiger partial charge in [0.1, 0.15) is 0 Å². The SMILES string of the molecule is CC1CCCC(C)(C)C1C(=O)Nc1ccc(CO)cc1. The Morgan fingerprint density at radius 1 is 1.35 bits per heavy atom. The minimum atomic E-state index is 0.0287. The van der Waals surface area contributed by atoms with E-state index in [1.807, 2.05) is 24.3 Å². The third kappa shape index (κ3) is 3.21. The summed E-state index contributed by atoms with van der Waals surface area (Å²) in [5.74, 6) is 0.614. The lowest BCUT2D eigenvalue weighted by molar-refractivity contribution is -0.127. The van der Waals surface area contributed by atoms with Gasteiger partial charge in [0.15, 0.2) is 0 Å². The number of carbonyl (C=O) groups excluding carboxylic acids is 1. The molecule has 3 heteroatoms. The van der Waals surface area contributed by atoms with Gasteiger partial charge in [-0.1, -0.05) is 39.3 Å². The van der Waals surface area contributed by atoms with Crippen molar-refractivity contribution in [2.45, 2.75) is 46.6 Å². The molecule has 3 nitrogen and oxygen atoms in total. The average Bonchev–Trinajstić information content (AvgIpc) is 2.38. The van der Waals surface area contributed by atoms with E-state index in [4.69, 9.17) is 5.11 Å². The maximum atomic E-state index is 12.6. The van der Waals surface area contributed by atoms with E-state index in [0.29, 0.717) is 5.92 Å². The molecule has 1 aromatic carbocycles. The zero-order valence-corrected chi connectivity index (χ0v) is 12.6. The van der Waals surface area contributed by atoms with Crippen LogP contribution < -0.4 is 5.32 Å². The number of rotatable bonds is 3. The fourth-order valence-corrected chi connectivity index (χ4v) is 3.50. The van der Waals surface area contributed by atoms with E-state index in [1.54, 1.807) is 0 Å². The van der Waals surface area contributed by atoms with E-state index in [2.05, 4.69) is 26.1 Å². The highest BCUT2D eigenvalue weighted by Gasteiger charge is 2.41. The third-order valence-electron chi connectivity index (χ3n) is 4.58. The minimum Gasteiger partial charge on any atom is -0.392 e. The summed E-state index contributed by atoms with van der Waals surface area (Å²) in [5, 5.41) is 12.1. The number of aliphatic hydroxyl groups excluding tert-OH is 1. The lowest BCUT2D eigenvalue weighted by Gasteiger charge is -2.41. The fourth-order valence-electron chi connectivity index (χ4n) is 3.50. The minimum absolute atomic E-state index is 0.0287. The molecular formula is C17H25NO2. The van der Waals surface area contributed by atoms with E-state index in [1.165, 1.54) is 6.42 Å². The summed E-state index contributed by atoms with van der Waals surface area (Å²) in [7, 11) is 0. The molecule has 0 heterocycles. The van der Waals surface area contributed by atoms with Gasteiger partial charge in [0.2, 0.25) is 5.91 Å². The standard InChI is InChI=1S/C17H25NO2/c1-12-5-4-10-17(2,3)15(12)16(20)18-14-8-6-13(11-19)7-9-14/h6-9,12,15,19H,4-5,10-11H2,1-3H3,(H,18,20). The molecule has 2 rings (SSSR count). The zero-order valence-electron chi connectivity index (χ0n) is 12.6. The van der Waals surface area contributed by atoms with Gasteiger partial charge in [-0.3, -0.25) is 4.79 Å². The first-order valence-corrected chi connectivity index (χ1v) is 7.45. The summed E-state index contributed by atoms with van der Waals surface area (Å²) < 4.78 is 0. The van der Waals surface area contributed by atoms with Crippen molar-refractivity contribution >= 4 is 11.6 Å². The van der Waals surface area contributed by atoms with Crippen LogP contribution in [0.2, 0.25) is 0 Å². The van der Waals surface area contributed by atoms with Crippen LogP contribution in [-0.4, -0.2) is 11.0 Å². The van der Waals surface area contributed by atoms with E-state index < -0.39 is 0 Å². The normalized spacial score (nSPS) is 25.2. The molecule has 20 heavy (non-hydrogen) atoms. The first-order chi connectivity index (χ1) is 9.44. The molecule has 2 N–H and O–H groups in total. The Balaban J connectivity index is 2.09. The van der Waals surface area contributed by atoms with Crippen LogP contribution in [0.5, 0.6) is 0 Å². The fraction of sp³-hybridized carbons (Fsp3) is 0.588. The molecule has 0 saturated heterocycles. The van der Waals surface area contributed by atoms with Crippen molar-refractivity contribution in [3.05, 3.63) is 29.8 Å². The second-order valence-corrected chi connectivity index (χ2v) is 6.68. The van der Waals surface area contributed by atoms with Gasteiger partial charge >= 0.3 is 0 Å². The van der Waals surface area contributed by atoms with Crippen LogP contribution in [0.4, 0.5) is 5.69 Å². The molecule has 1 fully saturated rings. The molecule has 1 saturated carbocycles. The number of anilines is 1. The molecule has 0 spiro atoms. The van der Waals surface area contributed by atoms with Crippen molar-refractivity contribution in [3.8, 4) is 0 Å². The first kappa shape index (κ1) is 15.0. The molecule has 0 bridgehead atoms. The average molecular weight is 275 g/mol.